The molecule has 6 heteroatoms. The maximum Gasteiger partial charge on any atom is 0.203 e. The standard InChI is InChI=1S/C21H30N4OS/c1-16-6-5-8-18(14-16)20-22-24(15-23-10-12-26-13-11-23)21(27)25(20)19-9-4-3-7-17(19)2/h5-6,8,14,17,19H,3-4,7,9-13,15H2,1-2H3/p+1/t17-,19+/m0/s1. The highest BCUT2D eigenvalue weighted by atomic mass is 32.1. The summed E-state index contributed by atoms with van der Waals surface area (Å²) in [4.78, 5) is 1.49. The molecule has 2 heterocycles. The number of rotatable bonds is 4. The summed E-state index contributed by atoms with van der Waals surface area (Å²) in [5.41, 5.74) is 2.43. The van der Waals surface area contributed by atoms with Crippen molar-refractivity contribution in [2.24, 2.45) is 5.92 Å². The Morgan fingerprint density at radius 3 is 2.74 bits per heavy atom. The van der Waals surface area contributed by atoms with Gasteiger partial charge in [-0.15, -0.1) is 5.10 Å². The molecule has 1 saturated heterocycles. The fraction of sp³-hybridized carbons (Fsp3) is 0.619. The van der Waals surface area contributed by atoms with Gasteiger partial charge in [-0.25, -0.2) is 0 Å². The van der Waals surface area contributed by atoms with Crippen LogP contribution in [0.3, 0.4) is 0 Å². The summed E-state index contributed by atoms with van der Waals surface area (Å²) in [6, 6.07) is 9.11. The molecule has 1 N–H and O–H groups in total. The Kier molecular flexibility index (Phi) is 5.76. The Morgan fingerprint density at radius 2 is 2.00 bits per heavy atom. The lowest BCUT2D eigenvalue weighted by Gasteiger charge is -2.30. The molecule has 2 atom stereocenters. The molecule has 2 fully saturated rings. The van der Waals surface area contributed by atoms with E-state index in [0.717, 1.165) is 43.6 Å². The number of hydrogen-bond donors (Lipinski definition) is 1. The van der Waals surface area contributed by atoms with Crippen LogP contribution in [0.2, 0.25) is 0 Å². The molecule has 1 saturated carbocycles. The van der Waals surface area contributed by atoms with Crippen LogP contribution < -0.4 is 4.90 Å². The van der Waals surface area contributed by atoms with Crippen LogP contribution in [0.15, 0.2) is 24.3 Å². The largest absolute Gasteiger partial charge is 0.370 e. The molecule has 2 aromatic rings. The van der Waals surface area contributed by atoms with Crippen LogP contribution in [-0.4, -0.2) is 40.7 Å². The normalized spacial score (nSPS) is 24.2. The molecule has 5 nitrogen and oxygen atoms in total. The number of nitrogens with zero attached hydrogens (tertiary/aromatic N) is 3. The molecule has 0 bridgehead atoms. The quantitative estimate of drug-likeness (QED) is 0.820. The SMILES string of the molecule is Cc1cccc(-c2nn(C[NH+]3CCOCC3)c(=S)n2[C@@H]2CCCC[C@@H]2C)c1. The number of hydrogen-bond acceptors (Lipinski definition) is 3. The summed E-state index contributed by atoms with van der Waals surface area (Å²) in [6.07, 6.45) is 5.09. The van der Waals surface area contributed by atoms with Crippen LogP contribution in [-0.2, 0) is 11.4 Å². The van der Waals surface area contributed by atoms with E-state index in [9.17, 15) is 0 Å². The van der Waals surface area contributed by atoms with Gasteiger partial charge >= 0.3 is 0 Å². The molecule has 4 rings (SSSR count). The third kappa shape index (κ3) is 4.03. The first-order valence-electron chi connectivity index (χ1n) is 10.3. The molecule has 1 aliphatic heterocycles. The van der Waals surface area contributed by atoms with Gasteiger partial charge in [-0.05, 0) is 44.0 Å². The smallest absolute Gasteiger partial charge is 0.203 e. The van der Waals surface area contributed by atoms with Gasteiger partial charge in [-0.2, -0.15) is 4.68 Å². The third-order valence-corrected chi connectivity index (χ3v) is 6.53. The predicted molar refractivity (Wildman–Crippen MR) is 109 cm³/mol. The molecule has 27 heavy (non-hydrogen) atoms. The average molecular weight is 388 g/mol. The molecular weight excluding hydrogens is 356 g/mol. The van der Waals surface area contributed by atoms with Gasteiger partial charge < -0.3 is 9.64 Å². The summed E-state index contributed by atoms with van der Waals surface area (Å²) in [5, 5.41) is 5.04. The van der Waals surface area contributed by atoms with Gasteiger partial charge in [0.1, 0.15) is 13.1 Å². The van der Waals surface area contributed by atoms with Crippen molar-refractivity contribution in [2.45, 2.75) is 52.2 Å². The molecule has 0 unspecified atom stereocenters. The number of aryl methyl sites for hydroxylation is 1. The zero-order valence-electron chi connectivity index (χ0n) is 16.5. The molecule has 0 amide bonds. The van der Waals surface area contributed by atoms with Gasteiger partial charge in [0, 0.05) is 11.6 Å². The summed E-state index contributed by atoms with van der Waals surface area (Å²) in [6.45, 7) is 9.04. The van der Waals surface area contributed by atoms with Crippen LogP contribution in [0.25, 0.3) is 11.4 Å². The number of nitrogens with one attached hydrogen (secondary N) is 1. The Morgan fingerprint density at radius 1 is 1.22 bits per heavy atom. The number of benzene rings is 1. The molecule has 1 aromatic carbocycles. The molecule has 0 radical (unpaired) electrons. The predicted octanol–water partition coefficient (Wildman–Crippen LogP) is 3.01. The summed E-state index contributed by atoms with van der Waals surface area (Å²) in [7, 11) is 0. The van der Waals surface area contributed by atoms with Crippen molar-refractivity contribution >= 4 is 12.2 Å². The van der Waals surface area contributed by atoms with Crippen LogP contribution in [0.1, 0.15) is 44.2 Å². The monoisotopic (exact) mass is 387 g/mol. The molecule has 146 valence electrons. The van der Waals surface area contributed by atoms with E-state index >= 15 is 0 Å². The first-order valence-corrected chi connectivity index (χ1v) is 10.7. The van der Waals surface area contributed by atoms with Crippen LogP contribution in [0.5, 0.6) is 0 Å². The minimum absolute atomic E-state index is 0.454. The van der Waals surface area contributed by atoms with Crippen molar-refractivity contribution in [2.75, 3.05) is 26.3 Å². The van der Waals surface area contributed by atoms with E-state index < -0.39 is 0 Å². The Bertz CT molecular complexity index is 837. The van der Waals surface area contributed by atoms with Gasteiger partial charge in [0.15, 0.2) is 12.5 Å². The topological polar surface area (TPSA) is 36.4 Å². The zero-order chi connectivity index (χ0) is 18.8. The Hall–Kier alpha value is -1.50. The lowest BCUT2D eigenvalue weighted by molar-refractivity contribution is -0.930. The Balaban J connectivity index is 1.75. The van der Waals surface area contributed by atoms with E-state index in [1.807, 2.05) is 0 Å². The van der Waals surface area contributed by atoms with Crippen molar-refractivity contribution in [1.29, 1.82) is 0 Å². The van der Waals surface area contributed by atoms with Crippen molar-refractivity contribution in [3.8, 4) is 11.4 Å². The van der Waals surface area contributed by atoms with Gasteiger partial charge in [-0.1, -0.05) is 43.5 Å². The van der Waals surface area contributed by atoms with E-state index in [2.05, 4.69) is 47.4 Å². The second-order valence-electron chi connectivity index (χ2n) is 8.19. The van der Waals surface area contributed by atoms with Crippen LogP contribution in [0.4, 0.5) is 0 Å². The van der Waals surface area contributed by atoms with E-state index in [0.29, 0.717) is 12.0 Å². The van der Waals surface area contributed by atoms with E-state index in [1.54, 1.807) is 0 Å². The fourth-order valence-electron chi connectivity index (χ4n) is 4.51. The summed E-state index contributed by atoms with van der Waals surface area (Å²) >= 11 is 5.97. The van der Waals surface area contributed by atoms with Crippen LogP contribution >= 0.6 is 12.2 Å². The fourth-order valence-corrected chi connectivity index (χ4v) is 4.84. The van der Waals surface area contributed by atoms with Gasteiger partial charge in [0.25, 0.3) is 0 Å². The second-order valence-corrected chi connectivity index (χ2v) is 8.56. The van der Waals surface area contributed by atoms with Crippen molar-refractivity contribution < 1.29 is 9.64 Å². The van der Waals surface area contributed by atoms with E-state index in [4.69, 9.17) is 22.1 Å². The maximum atomic E-state index is 5.97. The van der Waals surface area contributed by atoms with Crippen LogP contribution in [0, 0.1) is 17.6 Å². The van der Waals surface area contributed by atoms with Gasteiger partial charge in [0.05, 0.1) is 13.2 Å². The third-order valence-electron chi connectivity index (χ3n) is 6.12. The molecule has 1 aliphatic carbocycles. The summed E-state index contributed by atoms with van der Waals surface area (Å²) < 4.78 is 10.8. The summed E-state index contributed by atoms with van der Waals surface area (Å²) in [5.74, 6) is 1.68. The molecule has 0 spiro atoms. The van der Waals surface area contributed by atoms with E-state index in [1.165, 1.54) is 41.7 Å². The van der Waals surface area contributed by atoms with Crippen molar-refractivity contribution in [1.82, 2.24) is 14.3 Å². The first-order chi connectivity index (χ1) is 13.1. The van der Waals surface area contributed by atoms with Crippen molar-refractivity contribution in [3.63, 3.8) is 0 Å². The van der Waals surface area contributed by atoms with Gasteiger partial charge in [-0.3, -0.25) is 4.57 Å². The maximum absolute atomic E-state index is 5.97. The highest BCUT2D eigenvalue weighted by Gasteiger charge is 2.28. The number of quaternary nitrogens is 1. The molecule has 1 aromatic heterocycles. The molecule has 2 aliphatic rings. The minimum atomic E-state index is 0.454. The lowest BCUT2D eigenvalue weighted by atomic mass is 9.85. The number of morpholine rings is 1. The highest BCUT2D eigenvalue weighted by molar-refractivity contribution is 7.71. The lowest BCUT2D eigenvalue weighted by Crippen LogP contribution is -3.13. The minimum Gasteiger partial charge on any atom is -0.370 e. The van der Waals surface area contributed by atoms with Crippen molar-refractivity contribution in [3.05, 3.63) is 34.6 Å². The number of aromatic nitrogens is 3. The zero-order valence-corrected chi connectivity index (χ0v) is 17.3. The average Bonchev–Trinajstić information content (AvgIpc) is 2.99. The number of ether oxygens (including phenoxy) is 1. The second kappa shape index (κ2) is 8.25. The highest BCUT2D eigenvalue weighted by Crippen LogP contribution is 2.36. The Labute approximate surface area is 166 Å². The van der Waals surface area contributed by atoms with Gasteiger partial charge in [0.2, 0.25) is 4.77 Å². The molecular formula is C21H31N4OS+. The first kappa shape index (κ1) is 18.8. The van der Waals surface area contributed by atoms with E-state index in [-0.39, 0.29) is 0 Å².